The molecule has 1 aliphatic rings. The monoisotopic (exact) mass is 337 g/mol. The molecule has 8 nitrogen and oxygen atoms in total. The molecule has 0 saturated carbocycles. The zero-order chi connectivity index (χ0) is 15.2. The summed E-state index contributed by atoms with van der Waals surface area (Å²) in [7, 11) is 0. The lowest BCUT2D eigenvalue weighted by Gasteiger charge is -2.29. The molecule has 0 unspecified atom stereocenters. The lowest BCUT2D eigenvalue weighted by molar-refractivity contribution is -0.116. The Morgan fingerprint density at radius 3 is 2.78 bits per heavy atom. The van der Waals surface area contributed by atoms with Crippen LogP contribution in [0.5, 0.6) is 0 Å². The predicted octanol–water partition coefficient (Wildman–Crippen LogP) is 0.533. The molecule has 23 heavy (non-hydrogen) atoms. The lowest BCUT2D eigenvalue weighted by Crippen LogP contribution is -2.43. The van der Waals surface area contributed by atoms with E-state index in [0.717, 1.165) is 31.9 Å². The zero-order valence-corrected chi connectivity index (χ0v) is 13.5. The maximum atomic E-state index is 11.9. The second-order valence-corrected chi connectivity index (χ2v) is 5.10. The highest BCUT2D eigenvalue weighted by atomic mass is 35.5. The second kappa shape index (κ2) is 8.44. The van der Waals surface area contributed by atoms with Crippen molar-refractivity contribution in [1.29, 1.82) is 0 Å². The standard InChI is InChI=1S/C14H19N7O.ClH/c22-14(3-6-21-11-16-10-18-21)19-13-2-1-12(9-17-13)20-7-4-15-5-8-20;/h1-2,9-11,15H,3-8H2,(H,17,19,22);1H. The first-order chi connectivity index (χ1) is 10.8. The molecule has 0 radical (unpaired) electrons. The number of halogens is 1. The molecule has 2 aromatic heterocycles. The number of rotatable bonds is 5. The molecule has 2 aromatic rings. The van der Waals surface area contributed by atoms with Gasteiger partial charge in [0.25, 0.3) is 0 Å². The van der Waals surface area contributed by atoms with Crippen LogP contribution in [0.4, 0.5) is 11.5 Å². The minimum Gasteiger partial charge on any atom is -0.368 e. The van der Waals surface area contributed by atoms with Gasteiger partial charge in [-0.15, -0.1) is 12.4 Å². The van der Waals surface area contributed by atoms with E-state index in [4.69, 9.17) is 0 Å². The molecule has 1 aliphatic heterocycles. The summed E-state index contributed by atoms with van der Waals surface area (Å²) in [6, 6.07) is 3.83. The SMILES string of the molecule is Cl.O=C(CCn1cncn1)Nc1ccc(N2CCNCC2)cn1. The number of hydrogen-bond acceptors (Lipinski definition) is 6. The molecule has 1 fully saturated rings. The number of piperazine rings is 1. The van der Waals surface area contributed by atoms with Crippen LogP contribution in [-0.2, 0) is 11.3 Å². The van der Waals surface area contributed by atoms with Crippen LogP contribution in [-0.4, -0.2) is 51.8 Å². The van der Waals surface area contributed by atoms with Gasteiger partial charge in [0.05, 0.1) is 18.4 Å². The Morgan fingerprint density at radius 2 is 2.13 bits per heavy atom. The normalized spacial score (nSPS) is 14.2. The van der Waals surface area contributed by atoms with E-state index in [1.54, 1.807) is 17.2 Å². The van der Waals surface area contributed by atoms with Crippen LogP contribution in [0.25, 0.3) is 0 Å². The van der Waals surface area contributed by atoms with Crippen molar-refractivity contribution in [2.45, 2.75) is 13.0 Å². The molecule has 3 heterocycles. The van der Waals surface area contributed by atoms with Gasteiger partial charge in [-0.2, -0.15) is 5.10 Å². The van der Waals surface area contributed by atoms with Gasteiger partial charge < -0.3 is 15.5 Å². The third-order valence-corrected chi connectivity index (χ3v) is 3.53. The molecular weight excluding hydrogens is 318 g/mol. The predicted molar refractivity (Wildman–Crippen MR) is 89.8 cm³/mol. The summed E-state index contributed by atoms with van der Waals surface area (Å²) in [6.45, 7) is 4.43. The van der Waals surface area contributed by atoms with Gasteiger partial charge in [0.2, 0.25) is 5.91 Å². The zero-order valence-electron chi connectivity index (χ0n) is 12.7. The molecule has 2 N–H and O–H groups in total. The number of nitrogens with one attached hydrogen (secondary N) is 2. The third-order valence-electron chi connectivity index (χ3n) is 3.53. The van der Waals surface area contributed by atoms with Crippen LogP contribution in [0, 0.1) is 0 Å². The van der Waals surface area contributed by atoms with Crippen molar-refractivity contribution in [3.8, 4) is 0 Å². The fourth-order valence-corrected chi connectivity index (χ4v) is 2.34. The highest BCUT2D eigenvalue weighted by Gasteiger charge is 2.11. The maximum Gasteiger partial charge on any atom is 0.227 e. The number of pyridine rings is 1. The van der Waals surface area contributed by atoms with E-state index in [2.05, 4.69) is 30.6 Å². The molecule has 0 aliphatic carbocycles. The Hall–Kier alpha value is -2.19. The summed E-state index contributed by atoms with van der Waals surface area (Å²) in [5.41, 5.74) is 1.09. The van der Waals surface area contributed by atoms with Crippen molar-refractivity contribution in [3.05, 3.63) is 31.0 Å². The van der Waals surface area contributed by atoms with Crippen molar-refractivity contribution in [3.63, 3.8) is 0 Å². The highest BCUT2D eigenvalue weighted by molar-refractivity contribution is 5.89. The molecule has 0 spiro atoms. The summed E-state index contributed by atoms with van der Waals surface area (Å²) in [4.78, 5) is 22.3. The van der Waals surface area contributed by atoms with E-state index in [1.807, 2.05) is 12.1 Å². The van der Waals surface area contributed by atoms with E-state index < -0.39 is 0 Å². The van der Waals surface area contributed by atoms with Gasteiger partial charge in [-0.05, 0) is 12.1 Å². The third kappa shape index (κ3) is 4.90. The highest BCUT2D eigenvalue weighted by Crippen LogP contribution is 2.15. The van der Waals surface area contributed by atoms with Crippen LogP contribution in [0.15, 0.2) is 31.0 Å². The quantitative estimate of drug-likeness (QED) is 0.827. The first-order valence-electron chi connectivity index (χ1n) is 7.35. The molecule has 124 valence electrons. The van der Waals surface area contributed by atoms with Crippen molar-refractivity contribution >= 4 is 29.8 Å². The Bertz CT molecular complexity index is 596. The van der Waals surface area contributed by atoms with E-state index in [1.165, 1.54) is 6.33 Å². The molecule has 1 saturated heterocycles. The van der Waals surface area contributed by atoms with Crippen LogP contribution in [0.3, 0.4) is 0 Å². The van der Waals surface area contributed by atoms with E-state index in [0.29, 0.717) is 18.8 Å². The number of amides is 1. The fraction of sp³-hybridized carbons (Fsp3) is 0.429. The first-order valence-corrected chi connectivity index (χ1v) is 7.35. The number of hydrogen-bond donors (Lipinski definition) is 2. The maximum absolute atomic E-state index is 11.9. The Kier molecular flexibility index (Phi) is 6.30. The van der Waals surface area contributed by atoms with E-state index in [9.17, 15) is 4.79 Å². The molecule has 9 heteroatoms. The summed E-state index contributed by atoms with van der Waals surface area (Å²) in [6.07, 6.45) is 5.19. The van der Waals surface area contributed by atoms with Crippen LogP contribution in [0.2, 0.25) is 0 Å². The topological polar surface area (TPSA) is 88.0 Å². The van der Waals surface area contributed by atoms with Gasteiger partial charge >= 0.3 is 0 Å². The van der Waals surface area contributed by atoms with Crippen LogP contribution >= 0.6 is 12.4 Å². The van der Waals surface area contributed by atoms with Crippen molar-refractivity contribution in [2.75, 3.05) is 36.4 Å². The fourth-order valence-electron chi connectivity index (χ4n) is 2.34. The molecule has 0 bridgehead atoms. The van der Waals surface area contributed by atoms with Crippen LogP contribution in [0.1, 0.15) is 6.42 Å². The Labute approximate surface area is 140 Å². The van der Waals surface area contributed by atoms with Gasteiger partial charge in [0, 0.05) is 32.6 Å². The Morgan fingerprint density at radius 1 is 1.30 bits per heavy atom. The number of aromatic nitrogens is 4. The van der Waals surface area contributed by atoms with Crippen molar-refractivity contribution in [1.82, 2.24) is 25.1 Å². The largest absolute Gasteiger partial charge is 0.368 e. The summed E-state index contributed by atoms with van der Waals surface area (Å²) < 4.78 is 1.63. The van der Waals surface area contributed by atoms with Gasteiger partial charge in [-0.25, -0.2) is 9.97 Å². The number of carbonyl (C=O) groups excluding carboxylic acids is 1. The summed E-state index contributed by atoms with van der Waals surface area (Å²) in [5.74, 6) is 0.486. The van der Waals surface area contributed by atoms with Gasteiger partial charge in [-0.1, -0.05) is 0 Å². The van der Waals surface area contributed by atoms with E-state index in [-0.39, 0.29) is 18.3 Å². The van der Waals surface area contributed by atoms with Gasteiger partial charge in [-0.3, -0.25) is 9.48 Å². The van der Waals surface area contributed by atoms with Crippen molar-refractivity contribution < 1.29 is 4.79 Å². The molecule has 0 aromatic carbocycles. The Balaban J connectivity index is 0.00000192. The summed E-state index contributed by atoms with van der Waals surface area (Å²) >= 11 is 0. The van der Waals surface area contributed by atoms with Crippen LogP contribution < -0.4 is 15.5 Å². The number of nitrogens with zero attached hydrogens (tertiary/aromatic N) is 5. The molecule has 1 amide bonds. The first kappa shape index (κ1) is 17.2. The number of carbonyl (C=O) groups is 1. The smallest absolute Gasteiger partial charge is 0.227 e. The lowest BCUT2D eigenvalue weighted by atomic mass is 10.3. The minimum absolute atomic E-state index is 0. The van der Waals surface area contributed by atoms with Crippen molar-refractivity contribution in [2.24, 2.45) is 0 Å². The minimum atomic E-state index is -0.0853. The number of aryl methyl sites for hydroxylation is 1. The molecular formula is C14H20ClN7O. The average molecular weight is 338 g/mol. The molecule has 0 atom stereocenters. The van der Waals surface area contributed by atoms with Gasteiger partial charge in [0.15, 0.2) is 0 Å². The van der Waals surface area contributed by atoms with Gasteiger partial charge in [0.1, 0.15) is 18.5 Å². The molecule has 3 rings (SSSR count). The second-order valence-electron chi connectivity index (χ2n) is 5.10. The average Bonchev–Trinajstić information content (AvgIpc) is 3.08. The van der Waals surface area contributed by atoms with E-state index >= 15 is 0 Å². The summed E-state index contributed by atoms with van der Waals surface area (Å²) in [5, 5.41) is 10.1. The number of anilines is 2.